The highest BCUT2D eigenvalue weighted by Crippen LogP contribution is 2.37. The van der Waals surface area contributed by atoms with E-state index in [4.69, 9.17) is 30.4 Å². The van der Waals surface area contributed by atoms with Crippen LogP contribution in [-0.4, -0.2) is 32.0 Å². The summed E-state index contributed by atoms with van der Waals surface area (Å²) in [5, 5.41) is -0.105. The minimum absolute atomic E-state index is 0.105. The third-order valence-electron chi connectivity index (χ3n) is 4.72. The van der Waals surface area contributed by atoms with Gasteiger partial charge in [-0.3, -0.25) is 0 Å². The van der Waals surface area contributed by atoms with Crippen LogP contribution in [-0.2, 0) is 9.31 Å². The van der Waals surface area contributed by atoms with Gasteiger partial charge >= 0.3 is 7.12 Å². The number of allylic oxidation sites excluding steroid dienone is 2. The predicted octanol–water partition coefficient (Wildman–Crippen LogP) is 4.54. The molecule has 7 heteroatoms. The first-order chi connectivity index (χ1) is 12.5. The van der Waals surface area contributed by atoms with Crippen LogP contribution < -0.4 is 14.9 Å². The number of benzene rings is 1. The van der Waals surface area contributed by atoms with E-state index in [1.807, 2.05) is 39.8 Å². The molecule has 0 amide bonds. The van der Waals surface area contributed by atoms with Crippen molar-refractivity contribution >= 4 is 24.2 Å². The number of hydrogen-bond acceptors (Lipinski definition) is 4. The van der Waals surface area contributed by atoms with E-state index in [0.29, 0.717) is 17.1 Å². The summed E-state index contributed by atoms with van der Waals surface area (Å²) in [5.74, 6) is 0.324. The molecule has 1 aromatic rings. The van der Waals surface area contributed by atoms with Crippen molar-refractivity contribution in [2.45, 2.75) is 38.9 Å². The zero-order valence-electron chi connectivity index (χ0n) is 16.4. The van der Waals surface area contributed by atoms with E-state index in [0.717, 1.165) is 5.46 Å². The molecule has 146 valence electrons. The van der Waals surface area contributed by atoms with Crippen LogP contribution in [0.15, 0.2) is 53.9 Å². The highest BCUT2D eigenvalue weighted by molar-refractivity contribution is 6.62. The van der Waals surface area contributed by atoms with Crippen LogP contribution in [0.3, 0.4) is 0 Å². The van der Waals surface area contributed by atoms with Crippen LogP contribution in [0, 0.1) is 0 Å². The summed E-state index contributed by atoms with van der Waals surface area (Å²) in [4.78, 5) is 0. The number of rotatable bonds is 7. The summed E-state index contributed by atoms with van der Waals surface area (Å²) in [6, 6.07) is 5.44. The van der Waals surface area contributed by atoms with Gasteiger partial charge in [-0.2, -0.15) is 0 Å². The predicted molar refractivity (Wildman–Crippen MR) is 108 cm³/mol. The Bertz CT molecular complexity index is 757. The van der Waals surface area contributed by atoms with E-state index in [2.05, 4.69) is 13.2 Å². The SMILES string of the molecule is C=C(/C=C(/Cl)C(=C)F)COc1ccc(B2OC(C)(C)C(C)(C)O2)cc1OC. The average molecular weight is 395 g/mol. The summed E-state index contributed by atoms with van der Waals surface area (Å²) < 4.78 is 36.2. The van der Waals surface area contributed by atoms with Gasteiger partial charge in [-0.1, -0.05) is 30.8 Å². The maximum Gasteiger partial charge on any atom is 0.494 e. The first-order valence-corrected chi connectivity index (χ1v) is 8.91. The average Bonchev–Trinajstić information content (AvgIpc) is 2.80. The highest BCUT2D eigenvalue weighted by Gasteiger charge is 2.51. The summed E-state index contributed by atoms with van der Waals surface area (Å²) in [7, 11) is 1.06. The summed E-state index contributed by atoms with van der Waals surface area (Å²) >= 11 is 5.71. The Kier molecular flexibility index (Phi) is 6.45. The van der Waals surface area contributed by atoms with Crippen molar-refractivity contribution in [1.29, 1.82) is 0 Å². The lowest BCUT2D eigenvalue weighted by Crippen LogP contribution is -2.41. The molecule has 1 heterocycles. The van der Waals surface area contributed by atoms with Crippen LogP contribution >= 0.6 is 11.6 Å². The zero-order chi connectivity index (χ0) is 20.4. The van der Waals surface area contributed by atoms with Crippen molar-refractivity contribution in [2.24, 2.45) is 0 Å². The molecule has 0 unspecified atom stereocenters. The minimum Gasteiger partial charge on any atom is -0.493 e. The Morgan fingerprint density at radius 3 is 2.30 bits per heavy atom. The molecule has 27 heavy (non-hydrogen) atoms. The number of halogens is 2. The number of hydrogen-bond donors (Lipinski definition) is 0. The molecular formula is C20H25BClFO4. The van der Waals surface area contributed by atoms with Crippen molar-refractivity contribution < 1.29 is 23.2 Å². The Morgan fingerprint density at radius 1 is 1.19 bits per heavy atom. The largest absolute Gasteiger partial charge is 0.494 e. The Morgan fingerprint density at radius 2 is 1.78 bits per heavy atom. The van der Waals surface area contributed by atoms with E-state index < -0.39 is 24.1 Å². The Balaban J connectivity index is 2.12. The molecule has 4 nitrogen and oxygen atoms in total. The molecule has 0 N–H and O–H groups in total. The van der Waals surface area contributed by atoms with E-state index >= 15 is 0 Å². The van der Waals surface area contributed by atoms with Crippen molar-refractivity contribution in [3.05, 3.63) is 53.9 Å². The lowest BCUT2D eigenvalue weighted by Gasteiger charge is -2.32. The van der Waals surface area contributed by atoms with Gasteiger partial charge in [0.05, 0.1) is 23.3 Å². The molecule has 0 aliphatic carbocycles. The summed E-state index contributed by atoms with van der Waals surface area (Å²) in [5.41, 5.74) is 0.470. The quantitative estimate of drug-likeness (QED) is 0.503. The van der Waals surface area contributed by atoms with Gasteiger partial charge in [0.1, 0.15) is 12.4 Å². The fourth-order valence-electron chi connectivity index (χ4n) is 2.40. The molecule has 1 aromatic carbocycles. The zero-order valence-corrected chi connectivity index (χ0v) is 17.2. The minimum atomic E-state index is -0.720. The molecule has 2 rings (SSSR count). The van der Waals surface area contributed by atoms with Gasteiger partial charge in [0.25, 0.3) is 0 Å². The Hall–Kier alpha value is -1.76. The maximum absolute atomic E-state index is 12.9. The lowest BCUT2D eigenvalue weighted by atomic mass is 9.79. The first-order valence-electron chi connectivity index (χ1n) is 8.53. The molecule has 0 spiro atoms. The molecule has 0 atom stereocenters. The summed E-state index contributed by atoms with van der Waals surface area (Å²) in [6.07, 6.45) is 1.37. The molecule has 1 aliphatic rings. The van der Waals surface area contributed by atoms with Crippen molar-refractivity contribution in [3.63, 3.8) is 0 Å². The van der Waals surface area contributed by atoms with Gasteiger partial charge in [0.15, 0.2) is 11.5 Å². The van der Waals surface area contributed by atoms with Gasteiger partial charge in [-0.15, -0.1) is 0 Å². The third kappa shape index (κ3) is 4.95. The molecule has 1 fully saturated rings. The monoisotopic (exact) mass is 394 g/mol. The standard InChI is InChI=1S/C20H25BClFO4/c1-13(10-16(22)14(2)23)12-25-17-9-8-15(11-18(17)24-7)21-26-19(3,4)20(5,6)27-21/h8-11H,1-2,12H2,3-7H3/b16-10+. The second kappa shape index (κ2) is 8.09. The van der Waals surface area contributed by atoms with Crippen LogP contribution in [0.4, 0.5) is 4.39 Å². The molecule has 0 bridgehead atoms. The van der Waals surface area contributed by atoms with Gasteiger partial charge in [0.2, 0.25) is 0 Å². The fraction of sp³-hybridized carbons (Fsp3) is 0.400. The van der Waals surface area contributed by atoms with Crippen molar-refractivity contribution in [1.82, 2.24) is 0 Å². The van der Waals surface area contributed by atoms with E-state index in [1.54, 1.807) is 13.2 Å². The third-order valence-corrected chi connectivity index (χ3v) is 5.03. The molecule has 0 radical (unpaired) electrons. The normalized spacial score (nSPS) is 18.3. The maximum atomic E-state index is 12.9. The van der Waals surface area contributed by atoms with Gasteiger partial charge in [-0.05, 0) is 56.9 Å². The smallest absolute Gasteiger partial charge is 0.493 e. The van der Waals surface area contributed by atoms with E-state index in [9.17, 15) is 4.39 Å². The van der Waals surface area contributed by atoms with Crippen LogP contribution in [0.25, 0.3) is 0 Å². The molecule has 0 aromatic heterocycles. The van der Waals surface area contributed by atoms with Crippen molar-refractivity contribution in [2.75, 3.05) is 13.7 Å². The Labute approximate surface area is 165 Å². The second-order valence-corrected chi connectivity index (χ2v) is 7.75. The summed E-state index contributed by atoms with van der Waals surface area (Å²) in [6.45, 7) is 15.0. The van der Waals surface area contributed by atoms with E-state index in [-0.39, 0.29) is 11.6 Å². The van der Waals surface area contributed by atoms with Gasteiger partial charge < -0.3 is 18.8 Å². The first kappa shape index (κ1) is 21.5. The lowest BCUT2D eigenvalue weighted by molar-refractivity contribution is 0.00578. The number of ether oxygens (including phenoxy) is 2. The second-order valence-electron chi connectivity index (χ2n) is 7.34. The topological polar surface area (TPSA) is 36.9 Å². The number of methoxy groups -OCH3 is 1. The van der Waals surface area contributed by atoms with Crippen LogP contribution in [0.1, 0.15) is 27.7 Å². The van der Waals surface area contributed by atoms with Crippen LogP contribution in [0.5, 0.6) is 11.5 Å². The van der Waals surface area contributed by atoms with E-state index in [1.165, 1.54) is 6.08 Å². The van der Waals surface area contributed by atoms with Gasteiger partial charge in [0, 0.05) is 0 Å². The molecular weight excluding hydrogens is 369 g/mol. The fourth-order valence-corrected chi connectivity index (χ4v) is 2.55. The van der Waals surface area contributed by atoms with Gasteiger partial charge in [-0.25, -0.2) is 4.39 Å². The molecule has 0 saturated carbocycles. The highest BCUT2D eigenvalue weighted by atomic mass is 35.5. The van der Waals surface area contributed by atoms with Crippen LogP contribution in [0.2, 0.25) is 0 Å². The molecule has 1 aliphatic heterocycles. The van der Waals surface area contributed by atoms with Crippen molar-refractivity contribution in [3.8, 4) is 11.5 Å². The molecule has 1 saturated heterocycles.